The molecule has 0 aliphatic carbocycles. The monoisotopic (exact) mass is 200 g/mol. The number of hydrogen-bond donors (Lipinski definition) is 2. The molecule has 5 heteroatoms. The smallest absolute Gasteiger partial charge is 0.320 e. The number of hydrogen-bond acceptors (Lipinski definition) is 3. The number of likely N-dealkylation sites (tertiary alicyclic amines) is 1. The average molecular weight is 200 g/mol. The number of aliphatic carboxylic acids is 1. The van der Waals surface area contributed by atoms with Crippen molar-refractivity contribution in [2.24, 2.45) is 5.73 Å². The lowest BCUT2D eigenvalue weighted by Crippen LogP contribution is -2.60. The van der Waals surface area contributed by atoms with Gasteiger partial charge in [0.05, 0.1) is 6.04 Å². The van der Waals surface area contributed by atoms with E-state index in [-0.39, 0.29) is 6.04 Å². The third kappa shape index (κ3) is 2.04. The third-order valence-electron chi connectivity index (χ3n) is 2.64. The number of amides is 1. The molecule has 3 N–H and O–H groups in total. The minimum atomic E-state index is -0.863. The summed E-state index contributed by atoms with van der Waals surface area (Å²) in [7, 11) is 0. The zero-order chi connectivity index (χ0) is 10.7. The lowest BCUT2D eigenvalue weighted by molar-refractivity contribution is -0.149. The van der Waals surface area contributed by atoms with Gasteiger partial charge in [0.2, 0.25) is 5.91 Å². The number of nitrogens with zero attached hydrogens (tertiary/aromatic N) is 1. The lowest BCUT2D eigenvalue weighted by atomic mass is 9.97. The van der Waals surface area contributed by atoms with Crippen molar-refractivity contribution in [3.8, 4) is 0 Å². The van der Waals surface area contributed by atoms with E-state index in [1.54, 1.807) is 4.90 Å². The van der Waals surface area contributed by atoms with Crippen LogP contribution in [0.5, 0.6) is 0 Å². The summed E-state index contributed by atoms with van der Waals surface area (Å²) in [6.07, 6.45) is 2.04. The van der Waals surface area contributed by atoms with Crippen LogP contribution in [0.3, 0.4) is 0 Å². The number of carboxylic acids is 1. The van der Waals surface area contributed by atoms with Gasteiger partial charge in [-0.25, -0.2) is 0 Å². The largest absolute Gasteiger partial charge is 0.480 e. The van der Waals surface area contributed by atoms with E-state index >= 15 is 0 Å². The second kappa shape index (κ2) is 4.41. The maximum atomic E-state index is 10.9. The van der Waals surface area contributed by atoms with E-state index in [1.165, 1.54) is 0 Å². The molecule has 5 nitrogen and oxygen atoms in total. The molecule has 1 aliphatic rings. The molecular weight excluding hydrogens is 184 g/mol. The first kappa shape index (κ1) is 11.0. The quantitative estimate of drug-likeness (QED) is 0.643. The predicted molar refractivity (Wildman–Crippen MR) is 50.6 cm³/mol. The molecule has 1 heterocycles. The van der Waals surface area contributed by atoms with E-state index in [4.69, 9.17) is 10.8 Å². The van der Waals surface area contributed by atoms with Crippen molar-refractivity contribution in [1.29, 1.82) is 0 Å². The molecule has 0 saturated carbocycles. The molecule has 2 unspecified atom stereocenters. The Kier molecular flexibility index (Phi) is 3.46. The standard InChI is InChI=1S/C9H16N2O3/c1-2-3-7(9(13)14)11-5-4-6(11)8(10)12/h6-7H,2-5H2,1H3,(H2,10,12)(H,13,14). The molecule has 0 radical (unpaired) electrons. The van der Waals surface area contributed by atoms with Gasteiger partial charge in [0.15, 0.2) is 0 Å². The average Bonchev–Trinajstić information content (AvgIpc) is 1.99. The molecule has 0 aromatic heterocycles. The van der Waals surface area contributed by atoms with Crippen molar-refractivity contribution in [3.63, 3.8) is 0 Å². The topological polar surface area (TPSA) is 83.6 Å². The van der Waals surface area contributed by atoms with Crippen LogP contribution >= 0.6 is 0 Å². The van der Waals surface area contributed by atoms with Gasteiger partial charge < -0.3 is 10.8 Å². The summed E-state index contributed by atoms with van der Waals surface area (Å²) in [4.78, 5) is 23.5. The van der Waals surface area contributed by atoms with Gasteiger partial charge in [0, 0.05) is 6.54 Å². The summed E-state index contributed by atoms with van der Waals surface area (Å²) in [5, 5.41) is 8.95. The summed E-state index contributed by atoms with van der Waals surface area (Å²) in [6.45, 7) is 2.58. The normalized spacial score (nSPS) is 23.9. The zero-order valence-electron chi connectivity index (χ0n) is 8.27. The molecule has 0 bridgehead atoms. The molecule has 80 valence electrons. The highest BCUT2D eigenvalue weighted by atomic mass is 16.4. The second-order valence-corrected chi connectivity index (χ2v) is 3.59. The Morgan fingerprint density at radius 2 is 2.29 bits per heavy atom. The molecule has 0 spiro atoms. The Hall–Kier alpha value is -1.10. The minimum Gasteiger partial charge on any atom is -0.480 e. The van der Waals surface area contributed by atoms with Gasteiger partial charge in [-0.05, 0) is 12.8 Å². The highest BCUT2D eigenvalue weighted by Gasteiger charge is 2.39. The van der Waals surface area contributed by atoms with Crippen molar-refractivity contribution in [3.05, 3.63) is 0 Å². The highest BCUT2D eigenvalue weighted by Crippen LogP contribution is 2.22. The summed E-state index contributed by atoms with van der Waals surface area (Å²) in [6, 6.07) is -0.922. The Labute approximate surface area is 82.9 Å². The van der Waals surface area contributed by atoms with Crippen LogP contribution in [0.1, 0.15) is 26.2 Å². The van der Waals surface area contributed by atoms with Crippen LogP contribution < -0.4 is 5.73 Å². The van der Waals surface area contributed by atoms with Crippen LogP contribution in [0.15, 0.2) is 0 Å². The number of carboxylic acid groups (broad SMARTS) is 1. The van der Waals surface area contributed by atoms with Crippen LogP contribution in [-0.4, -0.2) is 40.5 Å². The van der Waals surface area contributed by atoms with E-state index in [9.17, 15) is 9.59 Å². The van der Waals surface area contributed by atoms with Crippen LogP contribution in [0.4, 0.5) is 0 Å². The molecule has 1 rings (SSSR count). The van der Waals surface area contributed by atoms with Crippen molar-refractivity contribution in [2.75, 3.05) is 6.54 Å². The molecule has 2 atom stereocenters. The van der Waals surface area contributed by atoms with E-state index in [1.807, 2.05) is 6.92 Å². The first-order valence-electron chi connectivity index (χ1n) is 4.85. The van der Waals surface area contributed by atoms with Gasteiger partial charge in [-0.2, -0.15) is 0 Å². The van der Waals surface area contributed by atoms with Gasteiger partial charge in [-0.3, -0.25) is 14.5 Å². The van der Waals surface area contributed by atoms with Gasteiger partial charge >= 0.3 is 5.97 Å². The molecule has 14 heavy (non-hydrogen) atoms. The number of carbonyl (C=O) groups is 2. The molecule has 1 amide bonds. The fraction of sp³-hybridized carbons (Fsp3) is 0.778. The van der Waals surface area contributed by atoms with Crippen LogP contribution in [0.2, 0.25) is 0 Å². The Morgan fingerprint density at radius 1 is 1.64 bits per heavy atom. The zero-order valence-corrected chi connectivity index (χ0v) is 8.27. The summed E-state index contributed by atoms with van der Waals surface area (Å²) in [5.41, 5.74) is 5.15. The van der Waals surface area contributed by atoms with E-state index in [2.05, 4.69) is 0 Å². The van der Waals surface area contributed by atoms with E-state index in [0.717, 1.165) is 6.42 Å². The fourth-order valence-corrected chi connectivity index (χ4v) is 1.79. The van der Waals surface area contributed by atoms with Crippen molar-refractivity contribution >= 4 is 11.9 Å². The molecule has 0 aromatic carbocycles. The van der Waals surface area contributed by atoms with Gasteiger partial charge in [0.25, 0.3) is 0 Å². The third-order valence-corrected chi connectivity index (χ3v) is 2.64. The Balaban J connectivity index is 2.60. The summed E-state index contributed by atoms with van der Waals surface area (Å²) in [5.74, 6) is -1.28. The van der Waals surface area contributed by atoms with Crippen molar-refractivity contribution in [1.82, 2.24) is 4.90 Å². The summed E-state index contributed by atoms with van der Waals surface area (Å²) < 4.78 is 0. The van der Waals surface area contributed by atoms with Crippen LogP contribution in [0.25, 0.3) is 0 Å². The first-order valence-corrected chi connectivity index (χ1v) is 4.85. The van der Waals surface area contributed by atoms with Crippen LogP contribution in [0, 0.1) is 0 Å². The Morgan fingerprint density at radius 3 is 2.57 bits per heavy atom. The van der Waals surface area contributed by atoms with Gasteiger partial charge in [-0.15, -0.1) is 0 Å². The molecule has 1 fully saturated rings. The van der Waals surface area contributed by atoms with Gasteiger partial charge in [-0.1, -0.05) is 13.3 Å². The highest BCUT2D eigenvalue weighted by molar-refractivity contribution is 5.82. The second-order valence-electron chi connectivity index (χ2n) is 3.59. The van der Waals surface area contributed by atoms with Crippen molar-refractivity contribution in [2.45, 2.75) is 38.3 Å². The van der Waals surface area contributed by atoms with Crippen LogP contribution in [-0.2, 0) is 9.59 Å². The first-order chi connectivity index (χ1) is 6.57. The number of carbonyl (C=O) groups excluding carboxylic acids is 1. The van der Waals surface area contributed by atoms with E-state index in [0.29, 0.717) is 19.4 Å². The lowest BCUT2D eigenvalue weighted by Gasteiger charge is -2.42. The minimum absolute atomic E-state index is 0.373. The van der Waals surface area contributed by atoms with E-state index < -0.39 is 17.9 Å². The number of nitrogens with two attached hydrogens (primary N) is 1. The molecule has 1 aliphatic heterocycles. The fourth-order valence-electron chi connectivity index (χ4n) is 1.79. The Bertz CT molecular complexity index is 242. The molecule has 0 aromatic rings. The molecule has 1 saturated heterocycles. The SMILES string of the molecule is CCCC(C(=O)O)N1CCC1C(N)=O. The number of rotatable bonds is 5. The number of primary amides is 1. The maximum Gasteiger partial charge on any atom is 0.320 e. The predicted octanol–water partition coefficient (Wildman–Crippen LogP) is -0.201. The molecular formula is C9H16N2O3. The summed E-state index contributed by atoms with van der Waals surface area (Å²) >= 11 is 0. The van der Waals surface area contributed by atoms with Gasteiger partial charge in [0.1, 0.15) is 6.04 Å². The maximum absolute atomic E-state index is 10.9. The van der Waals surface area contributed by atoms with Crippen molar-refractivity contribution < 1.29 is 14.7 Å².